The van der Waals surface area contributed by atoms with E-state index in [1.807, 2.05) is 17.9 Å². The molecular formula is C15H25N3OS. The van der Waals surface area contributed by atoms with Gasteiger partial charge in [0.1, 0.15) is 0 Å². The number of aryl methyl sites for hydroxylation is 1. The van der Waals surface area contributed by atoms with Crippen LogP contribution in [0.4, 0.5) is 5.69 Å². The summed E-state index contributed by atoms with van der Waals surface area (Å²) in [5, 5.41) is 0. The third-order valence-corrected chi connectivity index (χ3v) is 5.30. The number of carbonyl (C=O) groups is 1. The SMILES string of the molecule is CCN(CC)C1CCN(C(=O)c2cc(N)c(C)s2)CC1. The molecule has 2 N–H and O–H groups in total. The fraction of sp³-hybridized carbons (Fsp3) is 0.667. The van der Waals surface area contributed by atoms with Gasteiger partial charge in [-0.25, -0.2) is 0 Å². The minimum atomic E-state index is 0.146. The topological polar surface area (TPSA) is 49.6 Å². The van der Waals surface area contributed by atoms with E-state index in [9.17, 15) is 4.79 Å². The molecule has 20 heavy (non-hydrogen) atoms. The maximum Gasteiger partial charge on any atom is 0.264 e. The second-order valence-electron chi connectivity index (χ2n) is 5.37. The van der Waals surface area contributed by atoms with Gasteiger partial charge >= 0.3 is 0 Å². The maximum atomic E-state index is 12.4. The van der Waals surface area contributed by atoms with Crippen LogP contribution < -0.4 is 5.73 Å². The lowest BCUT2D eigenvalue weighted by Gasteiger charge is -2.37. The molecule has 0 bridgehead atoms. The van der Waals surface area contributed by atoms with Crippen molar-refractivity contribution in [1.29, 1.82) is 0 Å². The Balaban J connectivity index is 1.95. The van der Waals surface area contributed by atoms with Gasteiger partial charge < -0.3 is 15.5 Å². The summed E-state index contributed by atoms with van der Waals surface area (Å²) in [5.74, 6) is 0.146. The highest BCUT2D eigenvalue weighted by molar-refractivity contribution is 7.14. The third kappa shape index (κ3) is 3.15. The molecule has 5 heteroatoms. The number of hydrogen-bond acceptors (Lipinski definition) is 4. The molecule has 1 aliphatic rings. The predicted molar refractivity (Wildman–Crippen MR) is 85.3 cm³/mol. The third-order valence-electron chi connectivity index (χ3n) is 4.25. The van der Waals surface area contributed by atoms with Gasteiger partial charge in [0.05, 0.1) is 4.88 Å². The van der Waals surface area contributed by atoms with Crippen molar-refractivity contribution in [2.45, 2.75) is 39.7 Å². The van der Waals surface area contributed by atoms with E-state index < -0.39 is 0 Å². The highest BCUT2D eigenvalue weighted by Gasteiger charge is 2.27. The van der Waals surface area contributed by atoms with Crippen LogP contribution in [0, 0.1) is 6.92 Å². The van der Waals surface area contributed by atoms with Gasteiger partial charge in [0, 0.05) is 29.7 Å². The van der Waals surface area contributed by atoms with E-state index in [1.165, 1.54) is 11.3 Å². The zero-order valence-electron chi connectivity index (χ0n) is 12.7. The van der Waals surface area contributed by atoms with E-state index in [2.05, 4.69) is 18.7 Å². The van der Waals surface area contributed by atoms with Gasteiger partial charge in [-0.1, -0.05) is 13.8 Å². The van der Waals surface area contributed by atoms with E-state index in [-0.39, 0.29) is 5.91 Å². The summed E-state index contributed by atoms with van der Waals surface area (Å²) in [6, 6.07) is 2.45. The molecule has 0 unspecified atom stereocenters. The molecule has 0 radical (unpaired) electrons. The van der Waals surface area contributed by atoms with Gasteiger partial charge in [-0.05, 0) is 38.9 Å². The summed E-state index contributed by atoms with van der Waals surface area (Å²) >= 11 is 1.51. The normalized spacial score (nSPS) is 16.9. The summed E-state index contributed by atoms with van der Waals surface area (Å²) in [7, 11) is 0. The number of anilines is 1. The van der Waals surface area contributed by atoms with E-state index in [1.54, 1.807) is 0 Å². The van der Waals surface area contributed by atoms with Gasteiger partial charge in [-0.3, -0.25) is 4.79 Å². The van der Waals surface area contributed by atoms with Crippen molar-refractivity contribution in [1.82, 2.24) is 9.80 Å². The molecule has 0 aromatic carbocycles. The van der Waals surface area contributed by atoms with Crippen molar-refractivity contribution in [2.75, 3.05) is 31.9 Å². The average Bonchev–Trinajstić information content (AvgIpc) is 2.80. The zero-order chi connectivity index (χ0) is 14.7. The molecule has 4 nitrogen and oxygen atoms in total. The minimum absolute atomic E-state index is 0.146. The lowest BCUT2D eigenvalue weighted by Crippen LogP contribution is -2.46. The van der Waals surface area contributed by atoms with Gasteiger partial charge in [-0.15, -0.1) is 11.3 Å². The number of nitrogens with zero attached hydrogens (tertiary/aromatic N) is 2. The first kappa shape index (κ1) is 15.3. The van der Waals surface area contributed by atoms with E-state index >= 15 is 0 Å². The quantitative estimate of drug-likeness (QED) is 0.929. The van der Waals surface area contributed by atoms with E-state index in [0.29, 0.717) is 6.04 Å². The molecule has 112 valence electrons. The van der Waals surface area contributed by atoms with Crippen LogP contribution in [0.1, 0.15) is 41.2 Å². The van der Waals surface area contributed by atoms with Crippen LogP contribution >= 0.6 is 11.3 Å². The van der Waals surface area contributed by atoms with Crippen LogP contribution in [0.25, 0.3) is 0 Å². The standard InChI is InChI=1S/C15H25N3OS/c1-4-17(5-2)12-6-8-18(9-7-12)15(19)14-10-13(16)11(3)20-14/h10,12H,4-9,16H2,1-3H3. The van der Waals surface area contributed by atoms with Crippen LogP contribution in [-0.2, 0) is 0 Å². The van der Waals surface area contributed by atoms with Crippen molar-refractivity contribution in [3.8, 4) is 0 Å². The van der Waals surface area contributed by atoms with Crippen molar-refractivity contribution in [2.24, 2.45) is 0 Å². The zero-order valence-corrected chi connectivity index (χ0v) is 13.5. The summed E-state index contributed by atoms with van der Waals surface area (Å²) in [5.41, 5.74) is 6.57. The van der Waals surface area contributed by atoms with Crippen molar-refractivity contribution >= 4 is 22.9 Å². The lowest BCUT2D eigenvalue weighted by atomic mass is 10.0. The Morgan fingerprint density at radius 2 is 2.00 bits per heavy atom. The van der Waals surface area contributed by atoms with Crippen LogP contribution in [0.3, 0.4) is 0 Å². The van der Waals surface area contributed by atoms with Crippen LogP contribution in [0.2, 0.25) is 0 Å². The van der Waals surface area contributed by atoms with Gasteiger partial charge in [0.25, 0.3) is 5.91 Å². The minimum Gasteiger partial charge on any atom is -0.398 e. The fourth-order valence-electron chi connectivity index (χ4n) is 2.93. The highest BCUT2D eigenvalue weighted by Crippen LogP contribution is 2.26. The molecule has 1 saturated heterocycles. The Labute approximate surface area is 125 Å². The molecule has 2 heterocycles. The van der Waals surface area contributed by atoms with Crippen molar-refractivity contribution in [3.05, 3.63) is 15.8 Å². The molecule has 0 atom stereocenters. The lowest BCUT2D eigenvalue weighted by molar-refractivity contribution is 0.0636. The van der Waals surface area contributed by atoms with Gasteiger partial charge in [0.2, 0.25) is 0 Å². The highest BCUT2D eigenvalue weighted by atomic mass is 32.1. The largest absolute Gasteiger partial charge is 0.398 e. The Morgan fingerprint density at radius 1 is 1.40 bits per heavy atom. The molecule has 0 spiro atoms. The second-order valence-corrected chi connectivity index (χ2v) is 6.62. The van der Waals surface area contributed by atoms with Crippen molar-refractivity contribution < 1.29 is 4.79 Å². The number of thiophene rings is 1. The van der Waals surface area contributed by atoms with Gasteiger partial charge in [-0.2, -0.15) is 0 Å². The Morgan fingerprint density at radius 3 is 2.45 bits per heavy atom. The number of nitrogen functional groups attached to an aromatic ring is 1. The first-order valence-corrected chi connectivity index (χ1v) is 8.27. The summed E-state index contributed by atoms with van der Waals surface area (Å²) in [4.78, 5) is 18.7. The molecule has 1 aromatic heterocycles. The maximum absolute atomic E-state index is 12.4. The van der Waals surface area contributed by atoms with E-state index in [4.69, 9.17) is 5.73 Å². The summed E-state index contributed by atoms with van der Waals surface area (Å²) < 4.78 is 0. The van der Waals surface area contributed by atoms with Gasteiger partial charge in [0.15, 0.2) is 0 Å². The molecule has 1 amide bonds. The molecule has 1 fully saturated rings. The molecule has 0 aliphatic carbocycles. The van der Waals surface area contributed by atoms with Crippen LogP contribution in [0.5, 0.6) is 0 Å². The number of amides is 1. The number of likely N-dealkylation sites (tertiary alicyclic amines) is 1. The Hall–Kier alpha value is -1.07. The molecule has 0 saturated carbocycles. The number of rotatable bonds is 4. The summed E-state index contributed by atoms with van der Waals surface area (Å²) in [6.45, 7) is 10.3. The Kier molecular flexibility index (Phi) is 5.05. The smallest absolute Gasteiger partial charge is 0.264 e. The first-order valence-electron chi connectivity index (χ1n) is 7.46. The molecule has 1 aliphatic heterocycles. The van der Waals surface area contributed by atoms with E-state index in [0.717, 1.165) is 54.5 Å². The second kappa shape index (κ2) is 6.59. The number of carbonyl (C=O) groups excluding carboxylic acids is 1. The number of piperidine rings is 1. The average molecular weight is 295 g/mol. The molecule has 1 aromatic rings. The van der Waals surface area contributed by atoms with Crippen LogP contribution in [0.15, 0.2) is 6.07 Å². The monoisotopic (exact) mass is 295 g/mol. The predicted octanol–water partition coefficient (Wildman–Crippen LogP) is 2.59. The molecular weight excluding hydrogens is 270 g/mol. The first-order chi connectivity index (χ1) is 9.56. The number of hydrogen-bond donors (Lipinski definition) is 1. The summed E-state index contributed by atoms with van der Waals surface area (Å²) in [6.07, 6.45) is 2.15. The van der Waals surface area contributed by atoms with Crippen LogP contribution in [-0.4, -0.2) is 47.9 Å². The fourth-order valence-corrected chi connectivity index (χ4v) is 3.84. The molecule has 2 rings (SSSR count). The Bertz CT molecular complexity index is 440. The number of nitrogens with two attached hydrogens (primary N) is 1. The van der Waals surface area contributed by atoms with Crippen molar-refractivity contribution in [3.63, 3.8) is 0 Å².